The first kappa shape index (κ1) is 32.5. The first-order valence-electron chi connectivity index (χ1n) is 20.7. The normalized spacial score (nSPS) is 26.1. The Labute approximate surface area is 322 Å². The summed E-state index contributed by atoms with van der Waals surface area (Å²) in [7, 11) is 0. The van der Waals surface area contributed by atoms with Gasteiger partial charge >= 0.3 is 0 Å². The van der Waals surface area contributed by atoms with Crippen molar-refractivity contribution < 1.29 is 0 Å². The lowest BCUT2D eigenvalue weighted by atomic mass is 9.59. The first-order valence-corrected chi connectivity index (χ1v) is 20.7. The molecule has 54 heavy (non-hydrogen) atoms. The molecule has 1 heteroatoms. The highest BCUT2D eigenvalue weighted by molar-refractivity contribution is 5.97. The van der Waals surface area contributed by atoms with E-state index in [4.69, 9.17) is 0 Å². The molecule has 1 spiro atoms. The third-order valence-electron chi connectivity index (χ3n) is 15.1. The average Bonchev–Trinajstić information content (AvgIpc) is 3.75. The highest BCUT2D eigenvalue weighted by Gasteiger charge is 2.66. The summed E-state index contributed by atoms with van der Waals surface area (Å²) in [6.45, 7) is 9.88. The zero-order valence-corrected chi connectivity index (χ0v) is 32.3. The van der Waals surface area contributed by atoms with Crippen molar-refractivity contribution in [3.8, 4) is 33.4 Å². The van der Waals surface area contributed by atoms with Gasteiger partial charge < -0.3 is 4.90 Å². The molecule has 1 nitrogen and oxygen atoms in total. The van der Waals surface area contributed by atoms with Gasteiger partial charge in [-0.2, -0.15) is 0 Å². The molecule has 0 aliphatic heterocycles. The number of hydrogen-bond acceptors (Lipinski definition) is 1. The maximum Gasteiger partial charge on any atom is 0.0543 e. The summed E-state index contributed by atoms with van der Waals surface area (Å²) in [5.74, 6) is 3.33. The summed E-state index contributed by atoms with van der Waals surface area (Å²) in [5, 5.41) is 0. The Hall–Kier alpha value is -4.88. The SMILES string of the molecule is CC1(C)CCC(C)(C)c2c(N(c3ccc(-c4ccccc4-c4ccccc4)cc3)c3cccc4c3-c3ccccc3C43C4CC5CC(C4)C3C5)cccc21. The Kier molecular flexibility index (Phi) is 6.97. The van der Waals surface area contributed by atoms with Gasteiger partial charge in [0.05, 0.1) is 11.4 Å². The lowest BCUT2D eigenvalue weighted by Gasteiger charge is -2.45. The second kappa shape index (κ2) is 11.6. The minimum Gasteiger partial charge on any atom is -0.310 e. The highest BCUT2D eigenvalue weighted by atomic mass is 15.2. The van der Waals surface area contributed by atoms with Crippen LogP contribution in [0.5, 0.6) is 0 Å². The van der Waals surface area contributed by atoms with E-state index in [1.807, 2.05) is 0 Å². The Morgan fingerprint density at radius 3 is 1.83 bits per heavy atom. The topological polar surface area (TPSA) is 3.24 Å². The predicted molar refractivity (Wildman–Crippen MR) is 226 cm³/mol. The molecule has 0 heterocycles. The van der Waals surface area contributed by atoms with Crippen molar-refractivity contribution in [3.05, 3.63) is 162 Å². The summed E-state index contributed by atoms with van der Waals surface area (Å²) in [6, 6.07) is 53.4. The standard InChI is InChI=1S/C53H51N/c1-51(2)28-29-52(3,4)50-45(51)21-13-23-48(50)54(39-26-24-36(25-27-39)41-17-9-8-16-40(41)35-14-6-5-7-15-35)47-22-12-20-44-49(47)42-18-10-11-19-43(42)53(44)38-31-34-30-37(33-38)46(53)32-34/h5-27,34,37-38,46H,28-33H2,1-4H3. The Balaban J connectivity index is 1.15. The van der Waals surface area contributed by atoms with E-state index in [9.17, 15) is 0 Å². The fourth-order valence-corrected chi connectivity index (χ4v) is 12.9. The highest BCUT2D eigenvalue weighted by Crippen LogP contribution is 2.73. The van der Waals surface area contributed by atoms with E-state index >= 15 is 0 Å². The van der Waals surface area contributed by atoms with Gasteiger partial charge in [-0.25, -0.2) is 0 Å². The van der Waals surface area contributed by atoms with Gasteiger partial charge in [0.2, 0.25) is 0 Å². The summed E-state index contributed by atoms with van der Waals surface area (Å²) in [5.41, 5.74) is 18.4. The van der Waals surface area contributed by atoms with E-state index < -0.39 is 0 Å². The van der Waals surface area contributed by atoms with Crippen molar-refractivity contribution in [2.75, 3.05) is 4.90 Å². The molecule has 268 valence electrons. The van der Waals surface area contributed by atoms with Crippen LogP contribution in [0, 0.1) is 23.7 Å². The number of nitrogens with zero attached hydrogens (tertiary/aromatic N) is 1. The smallest absolute Gasteiger partial charge is 0.0543 e. The van der Waals surface area contributed by atoms with E-state index in [-0.39, 0.29) is 16.2 Å². The van der Waals surface area contributed by atoms with Crippen LogP contribution in [0.1, 0.15) is 88.5 Å². The van der Waals surface area contributed by atoms with Gasteiger partial charge in [0.1, 0.15) is 0 Å². The Morgan fingerprint density at radius 2 is 1.09 bits per heavy atom. The fourth-order valence-electron chi connectivity index (χ4n) is 12.9. The van der Waals surface area contributed by atoms with Crippen LogP contribution >= 0.6 is 0 Å². The molecule has 12 rings (SSSR count). The van der Waals surface area contributed by atoms with Crippen LogP contribution in [-0.2, 0) is 16.2 Å². The van der Waals surface area contributed by atoms with Gasteiger partial charge in [-0.3, -0.25) is 0 Å². The fraction of sp³-hybridized carbons (Fsp3) is 0.321. The van der Waals surface area contributed by atoms with Gasteiger partial charge in [0, 0.05) is 16.7 Å². The lowest BCUT2D eigenvalue weighted by Crippen LogP contribution is -2.40. The van der Waals surface area contributed by atoms with Gasteiger partial charge in [-0.15, -0.1) is 0 Å². The summed E-state index contributed by atoms with van der Waals surface area (Å²) in [6.07, 6.45) is 8.04. The molecule has 4 fully saturated rings. The number of anilines is 3. The Bertz CT molecular complexity index is 2430. The van der Waals surface area contributed by atoms with E-state index in [2.05, 4.69) is 172 Å². The maximum atomic E-state index is 2.67. The molecule has 0 N–H and O–H groups in total. The summed E-state index contributed by atoms with van der Waals surface area (Å²) >= 11 is 0. The average molecular weight is 702 g/mol. The molecule has 0 amide bonds. The van der Waals surface area contributed by atoms with Crippen LogP contribution < -0.4 is 4.90 Å². The van der Waals surface area contributed by atoms with Crippen molar-refractivity contribution >= 4 is 17.1 Å². The molecular formula is C53H51N. The second-order valence-corrected chi connectivity index (χ2v) is 18.7. The number of benzene rings is 6. The number of rotatable bonds is 5. The van der Waals surface area contributed by atoms with Crippen LogP contribution in [0.25, 0.3) is 33.4 Å². The molecule has 0 radical (unpaired) electrons. The molecule has 6 aromatic rings. The third kappa shape index (κ3) is 4.45. The molecular weight excluding hydrogens is 651 g/mol. The zero-order valence-electron chi connectivity index (χ0n) is 32.3. The van der Waals surface area contributed by atoms with Crippen molar-refractivity contribution in [1.82, 2.24) is 0 Å². The molecule has 6 aliphatic carbocycles. The van der Waals surface area contributed by atoms with Gasteiger partial charge in [0.25, 0.3) is 0 Å². The maximum absolute atomic E-state index is 2.67. The molecule has 0 saturated heterocycles. The van der Waals surface area contributed by atoms with Gasteiger partial charge in [-0.05, 0) is 147 Å². The van der Waals surface area contributed by atoms with Crippen LogP contribution in [0.2, 0.25) is 0 Å². The zero-order chi connectivity index (χ0) is 36.4. The molecule has 0 aromatic heterocycles. The van der Waals surface area contributed by atoms with Crippen LogP contribution in [-0.4, -0.2) is 0 Å². The third-order valence-corrected chi connectivity index (χ3v) is 15.1. The van der Waals surface area contributed by atoms with E-state index in [0.717, 1.165) is 23.7 Å². The minimum atomic E-state index is 0.0504. The quantitative estimate of drug-likeness (QED) is 0.173. The number of hydrogen-bond donors (Lipinski definition) is 0. The van der Waals surface area contributed by atoms with E-state index in [1.165, 1.54) is 100 Å². The molecule has 5 atom stereocenters. The molecule has 4 bridgehead atoms. The van der Waals surface area contributed by atoms with Crippen LogP contribution in [0.15, 0.2) is 140 Å². The first-order chi connectivity index (χ1) is 26.3. The van der Waals surface area contributed by atoms with Gasteiger partial charge in [0.15, 0.2) is 0 Å². The van der Waals surface area contributed by atoms with Crippen molar-refractivity contribution in [2.45, 2.75) is 82.5 Å². The number of fused-ring (bicyclic) bond motifs is 4. The van der Waals surface area contributed by atoms with Crippen LogP contribution in [0.3, 0.4) is 0 Å². The van der Waals surface area contributed by atoms with Crippen molar-refractivity contribution in [2.24, 2.45) is 23.7 Å². The van der Waals surface area contributed by atoms with E-state index in [1.54, 1.807) is 11.1 Å². The van der Waals surface area contributed by atoms with E-state index in [0.29, 0.717) is 0 Å². The second-order valence-electron chi connectivity index (χ2n) is 18.7. The summed E-state index contributed by atoms with van der Waals surface area (Å²) < 4.78 is 0. The molecule has 4 saturated carbocycles. The Morgan fingerprint density at radius 1 is 0.481 bits per heavy atom. The largest absolute Gasteiger partial charge is 0.310 e. The molecule has 6 aromatic carbocycles. The lowest BCUT2D eigenvalue weighted by molar-refractivity contribution is 0.191. The monoisotopic (exact) mass is 701 g/mol. The molecule has 6 aliphatic rings. The van der Waals surface area contributed by atoms with Crippen LogP contribution in [0.4, 0.5) is 17.1 Å². The minimum absolute atomic E-state index is 0.0504. The predicted octanol–water partition coefficient (Wildman–Crippen LogP) is 14.2. The van der Waals surface area contributed by atoms with Crippen molar-refractivity contribution in [3.63, 3.8) is 0 Å². The molecule has 5 unspecified atom stereocenters. The van der Waals surface area contributed by atoms with Crippen molar-refractivity contribution in [1.29, 1.82) is 0 Å². The summed E-state index contributed by atoms with van der Waals surface area (Å²) in [4.78, 5) is 2.67. The van der Waals surface area contributed by atoms with Gasteiger partial charge in [-0.1, -0.05) is 143 Å².